The first-order chi connectivity index (χ1) is 8.91. The van der Waals surface area contributed by atoms with Crippen molar-refractivity contribution in [2.45, 2.75) is 20.0 Å². The highest BCUT2D eigenvalue weighted by Gasteiger charge is 2.15. The van der Waals surface area contributed by atoms with Gasteiger partial charge >= 0.3 is 0 Å². The van der Waals surface area contributed by atoms with E-state index in [0.717, 1.165) is 0 Å². The number of nitrogens with one attached hydrogen (secondary N) is 1. The maximum Gasteiger partial charge on any atom is 0.284 e. The molecule has 0 aliphatic carbocycles. The zero-order valence-corrected chi connectivity index (χ0v) is 12.3. The molecule has 0 spiro atoms. The minimum absolute atomic E-state index is 0.102. The van der Waals surface area contributed by atoms with Gasteiger partial charge in [-0.2, -0.15) is 0 Å². The van der Waals surface area contributed by atoms with E-state index in [1.54, 1.807) is 0 Å². The highest BCUT2D eigenvalue weighted by Crippen LogP contribution is 2.25. The smallest absolute Gasteiger partial charge is 0.284 e. The number of amides is 1. The van der Waals surface area contributed by atoms with Gasteiger partial charge in [-0.1, -0.05) is 0 Å². The van der Waals surface area contributed by atoms with Gasteiger partial charge in [0.15, 0.2) is 0 Å². The van der Waals surface area contributed by atoms with E-state index in [-0.39, 0.29) is 23.3 Å². The lowest BCUT2D eigenvalue weighted by atomic mass is 10.2. The first-order valence-electron chi connectivity index (χ1n) is 5.75. The third kappa shape index (κ3) is 4.96. The van der Waals surface area contributed by atoms with Crippen LogP contribution in [0.4, 0.5) is 5.69 Å². The molecule has 0 saturated carbocycles. The molecule has 19 heavy (non-hydrogen) atoms. The van der Waals surface area contributed by atoms with Crippen molar-refractivity contribution in [2.75, 3.05) is 13.2 Å². The molecule has 0 saturated heterocycles. The number of hydrogen-bond donors (Lipinski definition) is 1. The van der Waals surface area contributed by atoms with Gasteiger partial charge in [0.25, 0.3) is 11.6 Å². The second-order valence-corrected chi connectivity index (χ2v) is 4.95. The number of hydrogen-bond acceptors (Lipinski definition) is 4. The van der Waals surface area contributed by atoms with Crippen molar-refractivity contribution in [1.82, 2.24) is 5.32 Å². The van der Waals surface area contributed by atoms with Gasteiger partial charge in [0.05, 0.1) is 22.1 Å². The summed E-state index contributed by atoms with van der Waals surface area (Å²) in [5, 5.41) is 13.4. The second kappa shape index (κ2) is 7.20. The number of benzene rings is 1. The van der Waals surface area contributed by atoms with Crippen LogP contribution in [0.15, 0.2) is 22.7 Å². The molecule has 1 aromatic rings. The molecule has 0 aromatic heterocycles. The maximum absolute atomic E-state index is 11.8. The zero-order chi connectivity index (χ0) is 14.4. The number of rotatable bonds is 6. The minimum atomic E-state index is -0.539. The molecular weight excluding hydrogens is 316 g/mol. The molecule has 1 rings (SSSR count). The fraction of sp³-hybridized carbons (Fsp3) is 0.417. The molecule has 104 valence electrons. The van der Waals surface area contributed by atoms with Crippen LogP contribution in [0, 0.1) is 10.1 Å². The van der Waals surface area contributed by atoms with Crippen LogP contribution in [-0.4, -0.2) is 30.1 Å². The van der Waals surface area contributed by atoms with E-state index >= 15 is 0 Å². The summed E-state index contributed by atoms with van der Waals surface area (Å²) in [5.74, 6) is -0.358. The van der Waals surface area contributed by atoms with E-state index in [0.29, 0.717) is 17.6 Å². The van der Waals surface area contributed by atoms with Crippen LogP contribution in [0.1, 0.15) is 24.2 Å². The minimum Gasteiger partial charge on any atom is -0.377 e. The van der Waals surface area contributed by atoms with Gasteiger partial charge in [-0.3, -0.25) is 14.9 Å². The Labute approximate surface area is 119 Å². The summed E-state index contributed by atoms with van der Waals surface area (Å²) < 4.78 is 5.62. The maximum atomic E-state index is 11.8. The Morgan fingerprint density at radius 3 is 2.79 bits per heavy atom. The van der Waals surface area contributed by atoms with Gasteiger partial charge in [-0.05, 0) is 41.9 Å². The van der Waals surface area contributed by atoms with Gasteiger partial charge in [0.2, 0.25) is 0 Å². The lowest BCUT2D eigenvalue weighted by molar-refractivity contribution is -0.385. The molecule has 0 aliphatic heterocycles. The highest BCUT2D eigenvalue weighted by atomic mass is 79.9. The molecule has 0 unspecified atom stereocenters. The summed E-state index contributed by atoms with van der Waals surface area (Å²) >= 11 is 3.07. The summed E-state index contributed by atoms with van der Waals surface area (Å²) in [6, 6.07) is 4.25. The number of carbonyl (C=O) groups is 1. The molecule has 0 fully saturated rings. The Hall–Kier alpha value is -1.47. The molecular formula is C12H15BrN2O4. The third-order valence-corrected chi connectivity index (χ3v) is 2.91. The van der Waals surface area contributed by atoms with Crippen molar-refractivity contribution < 1.29 is 14.5 Å². The Morgan fingerprint density at radius 1 is 1.53 bits per heavy atom. The van der Waals surface area contributed by atoms with E-state index in [4.69, 9.17) is 4.74 Å². The Balaban J connectivity index is 2.62. The largest absolute Gasteiger partial charge is 0.377 e. The summed E-state index contributed by atoms with van der Waals surface area (Å²) in [5.41, 5.74) is 0.116. The van der Waals surface area contributed by atoms with Crippen molar-refractivity contribution in [1.29, 1.82) is 0 Å². The number of nitro groups is 1. The van der Waals surface area contributed by atoms with Crippen LogP contribution < -0.4 is 5.32 Å². The predicted octanol–water partition coefficient (Wildman–Crippen LogP) is 2.51. The van der Waals surface area contributed by atoms with E-state index in [2.05, 4.69) is 21.2 Å². The summed E-state index contributed by atoms with van der Waals surface area (Å²) in [6.07, 6.45) is 0.102. The summed E-state index contributed by atoms with van der Waals surface area (Å²) in [6.45, 7) is 4.57. The van der Waals surface area contributed by atoms with Crippen LogP contribution in [0.2, 0.25) is 0 Å². The van der Waals surface area contributed by atoms with Gasteiger partial charge in [-0.25, -0.2) is 0 Å². The lowest BCUT2D eigenvalue weighted by Gasteiger charge is -2.08. The second-order valence-electron chi connectivity index (χ2n) is 4.10. The van der Waals surface area contributed by atoms with Gasteiger partial charge in [0.1, 0.15) is 0 Å². The monoisotopic (exact) mass is 330 g/mol. The van der Waals surface area contributed by atoms with Crippen molar-refractivity contribution in [2.24, 2.45) is 0 Å². The van der Waals surface area contributed by atoms with E-state index in [9.17, 15) is 14.9 Å². The fourth-order valence-corrected chi connectivity index (χ4v) is 1.75. The van der Waals surface area contributed by atoms with Crippen LogP contribution >= 0.6 is 15.9 Å². The molecule has 0 bridgehead atoms. The molecule has 1 amide bonds. The Morgan fingerprint density at radius 2 is 2.21 bits per heavy atom. The molecule has 6 nitrogen and oxygen atoms in total. The average molecular weight is 331 g/mol. The number of halogens is 1. The molecule has 1 N–H and O–H groups in total. The number of nitrogens with zero attached hydrogens (tertiary/aromatic N) is 1. The zero-order valence-electron chi connectivity index (χ0n) is 10.7. The lowest BCUT2D eigenvalue weighted by Crippen LogP contribution is -2.28. The van der Waals surface area contributed by atoms with E-state index < -0.39 is 4.92 Å². The van der Waals surface area contributed by atoms with Crippen molar-refractivity contribution in [3.63, 3.8) is 0 Å². The van der Waals surface area contributed by atoms with Crippen LogP contribution in [0.3, 0.4) is 0 Å². The molecule has 7 heteroatoms. The average Bonchev–Trinajstić information content (AvgIpc) is 2.34. The highest BCUT2D eigenvalue weighted by molar-refractivity contribution is 9.10. The number of carbonyl (C=O) groups excluding carboxylic acids is 1. The van der Waals surface area contributed by atoms with Gasteiger partial charge < -0.3 is 10.1 Å². The van der Waals surface area contributed by atoms with Crippen molar-refractivity contribution >= 4 is 27.5 Å². The SMILES string of the molecule is CC(C)OCCNC(=O)c1ccc(Br)c([N+](=O)[O-])c1. The number of nitro benzene ring substituents is 1. The van der Waals surface area contributed by atoms with E-state index in [1.807, 2.05) is 13.8 Å². The molecule has 0 atom stereocenters. The molecule has 0 heterocycles. The normalized spacial score (nSPS) is 10.5. The first kappa shape index (κ1) is 15.6. The summed E-state index contributed by atoms with van der Waals surface area (Å²) in [7, 11) is 0. The van der Waals surface area contributed by atoms with Gasteiger partial charge in [0, 0.05) is 18.2 Å². The van der Waals surface area contributed by atoms with Crippen LogP contribution in [-0.2, 0) is 4.74 Å². The summed E-state index contributed by atoms with van der Waals surface area (Å²) in [4.78, 5) is 22.0. The number of ether oxygens (including phenoxy) is 1. The molecule has 1 aromatic carbocycles. The van der Waals surface area contributed by atoms with Crippen LogP contribution in [0.25, 0.3) is 0 Å². The van der Waals surface area contributed by atoms with E-state index in [1.165, 1.54) is 18.2 Å². The Bertz CT molecular complexity index is 477. The predicted molar refractivity (Wildman–Crippen MR) is 74.2 cm³/mol. The first-order valence-corrected chi connectivity index (χ1v) is 6.55. The topological polar surface area (TPSA) is 81.5 Å². The molecule has 0 radical (unpaired) electrons. The fourth-order valence-electron chi connectivity index (χ4n) is 1.36. The third-order valence-electron chi connectivity index (χ3n) is 2.24. The van der Waals surface area contributed by atoms with Crippen LogP contribution in [0.5, 0.6) is 0 Å². The quantitative estimate of drug-likeness (QED) is 0.493. The van der Waals surface area contributed by atoms with Gasteiger partial charge in [-0.15, -0.1) is 0 Å². The van der Waals surface area contributed by atoms with Crippen molar-refractivity contribution in [3.05, 3.63) is 38.3 Å². The Kier molecular flexibility index (Phi) is 5.91. The molecule has 0 aliphatic rings. The standard InChI is InChI=1S/C12H15BrN2O4/c1-8(2)19-6-5-14-12(16)9-3-4-10(13)11(7-9)15(17)18/h3-4,7-8H,5-6H2,1-2H3,(H,14,16). The van der Waals surface area contributed by atoms with Crippen molar-refractivity contribution in [3.8, 4) is 0 Å².